The highest BCUT2D eigenvalue weighted by atomic mass is 15.2. The van der Waals surface area contributed by atoms with Gasteiger partial charge < -0.3 is 10.6 Å². The predicted octanol–water partition coefficient (Wildman–Crippen LogP) is 1.48. The van der Waals surface area contributed by atoms with Gasteiger partial charge in [0.05, 0.1) is 0 Å². The largest absolute Gasteiger partial charge is 0.355 e. The predicted molar refractivity (Wildman–Crippen MR) is 78.2 cm³/mol. The third-order valence-corrected chi connectivity index (χ3v) is 3.65. The van der Waals surface area contributed by atoms with Crippen LogP contribution in [0, 0.1) is 0 Å². The van der Waals surface area contributed by atoms with Gasteiger partial charge in [-0.2, -0.15) is 0 Å². The molecule has 5 heteroatoms. The Kier molecular flexibility index (Phi) is 5.54. The van der Waals surface area contributed by atoms with Crippen LogP contribution in [0.1, 0.15) is 32.3 Å². The molecule has 1 aliphatic heterocycles. The van der Waals surface area contributed by atoms with E-state index in [0.717, 1.165) is 31.7 Å². The lowest BCUT2D eigenvalue weighted by molar-refractivity contribution is 0.260. The summed E-state index contributed by atoms with van der Waals surface area (Å²) >= 11 is 0. The van der Waals surface area contributed by atoms with E-state index in [0.29, 0.717) is 12.0 Å². The summed E-state index contributed by atoms with van der Waals surface area (Å²) in [7, 11) is 0. The summed E-state index contributed by atoms with van der Waals surface area (Å²) in [6.45, 7) is 9.46. The lowest BCUT2D eigenvalue weighted by Crippen LogP contribution is -2.37. The van der Waals surface area contributed by atoms with Crippen molar-refractivity contribution in [2.75, 3.05) is 31.5 Å². The molecule has 19 heavy (non-hydrogen) atoms. The molecule has 0 aliphatic carbocycles. The lowest BCUT2D eigenvalue weighted by Gasteiger charge is -2.22. The Labute approximate surface area is 115 Å². The first kappa shape index (κ1) is 14.2. The standard InChI is InChI=1S/C14H25N5/c1-3-16-14-17-9-12(10-18-14)8-15-11-13-6-5-7-19(13)4-2/h9-10,13,15H,3-8,11H2,1-2H3,(H,16,17,18)/t13-/m1/s1. The fourth-order valence-electron chi connectivity index (χ4n) is 2.62. The minimum absolute atomic E-state index is 0.701. The zero-order valence-electron chi connectivity index (χ0n) is 12.0. The van der Waals surface area contributed by atoms with E-state index in [1.807, 2.05) is 19.3 Å². The topological polar surface area (TPSA) is 53.1 Å². The number of likely N-dealkylation sites (tertiary alicyclic amines) is 1. The number of nitrogens with one attached hydrogen (secondary N) is 2. The van der Waals surface area contributed by atoms with Crippen molar-refractivity contribution in [2.45, 2.75) is 39.3 Å². The molecule has 0 spiro atoms. The summed E-state index contributed by atoms with van der Waals surface area (Å²) in [6, 6.07) is 0.701. The quantitative estimate of drug-likeness (QED) is 0.780. The van der Waals surface area contributed by atoms with Gasteiger partial charge >= 0.3 is 0 Å². The first-order valence-corrected chi connectivity index (χ1v) is 7.33. The molecule has 1 fully saturated rings. The van der Waals surface area contributed by atoms with Gasteiger partial charge in [-0.3, -0.25) is 4.90 Å². The number of rotatable bonds is 7. The smallest absolute Gasteiger partial charge is 0.222 e. The molecule has 0 radical (unpaired) electrons. The molecule has 1 saturated heterocycles. The maximum atomic E-state index is 4.28. The van der Waals surface area contributed by atoms with Crippen LogP contribution in [-0.2, 0) is 6.54 Å². The first-order valence-electron chi connectivity index (χ1n) is 7.33. The van der Waals surface area contributed by atoms with Gasteiger partial charge in [0.15, 0.2) is 0 Å². The fraction of sp³-hybridized carbons (Fsp3) is 0.714. The third kappa shape index (κ3) is 4.14. The number of hydrogen-bond donors (Lipinski definition) is 2. The zero-order chi connectivity index (χ0) is 13.5. The number of nitrogens with zero attached hydrogens (tertiary/aromatic N) is 3. The Bertz CT molecular complexity index is 365. The maximum absolute atomic E-state index is 4.28. The Morgan fingerprint density at radius 3 is 2.79 bits per heavy atom. The minimum atomic E-state index is 0.701. The van der Waals surface area contributed by atoms with E-state index in [2.05, 4.69) is 32.4 Å². The summed E-state index contributed by atoms with van der Waals surface area (Å²) in [6.07, 6.45) is 6.44. The third-order valence-electron chi connectivity index (χ3n) is 3.65. The number of likely N-dealkylation sites (N-methyl/N-ethyl adjacent to an activating group) is 1. The number of aromatic nitrogens is 2. The van der Waals surface area contributed by atoms with Gasteiger partial charge in [-0.15, -0.1) is 0 Å². The highest BCUT2D eigenvalue weighted by molar-refractivity contribution is 5.24. The van der Waals surface area contributed by atoms with Crippen LogP contribution in [0.2, 0.25) is 0 Å². The molecule has 2 rings (SSSR count). The number of anilines is 1. The second-order valence-corrected chi connectivity index (χ2v) is 5.00. The molecule has 1 aliphatic rings. The van der Waals surface area contributed by atoms with Gasteiger partial charge in [-0.05, 0) is 32.9 Å². The van der Waals surface area contributed by atoms with Crippen molar-refractivity contribution < 1.29 is 0 Å². The molecule has 106 valence electrons. The second-order valence-electron chi connectivity index (χ2n) is 5.00. The van der Waals surface area contributed by atoms with Gasteiger partial charge in [-0.1, -0.05) is 6.92 Å². The molecule has 1 atom stereocenters. The summed E-state index contributed by atoms with van der Waals surface area (Å²) in [5, 5.41) is 6.62. The van der Waals surface area contributed by atoms with Crippen LogP contribution in [0.4, 0.5) is 5.95 Å². The van der Waals surface area contributed by atoms with E-state index in [1.54, 1.807) is 0 Å². The van der Waals surface area contributed by atoms with Gasteiger partial charge in [0.1, 0.15) is 0 Å². The molecule has 0 aromatic carbocycles. The Morgan fingerprint density at radius 2 is 2.11 bits per heavy atom. The highest BCUT2D eigenvalue weighted by Crippen LogP contribution is 2.15. The summed E-state index contributed by atoms with van der Waals surface area (Å²) < 4.78 is 0. The van der Waals surface area contributed by atoms with Gasteiger partial charge in [0.2, 0.25) is 5.95 Å². The first-order chi connectivity index (χ1) is 9.33. The fourth-order valence-corrected chi connectivity index (χ4v) is 2.62. The molecule has 5 nitrogen and oxygen atoms in total. The van der Waals surface area contributed by atoms with E-state index < -0.39 is 0 Å². The average molecular weight is 263 g/mol. The van der Waals surface area contributed by atoms with E-state index in [1.165, 1.54) is 19.4 Å². The van der Waals surface area contributed by atoms with Crippen molar-refractivity contribution in [2.24, 2.45) is 0 Å². The SMILES string of the molecule is CCNc1ncc(CNC[C@H]2CCCN2CC)cn1. The molecule has 1 aromatic heterocycles. The summed E-state index contributed by atoms with van der Waals surface area (Å²) in [5.41, 5.74) is 1.14. The van der Waals surface area contributed by atoms with Gasteiger partial charge in [0, 0.05) is 43.6 Å². The van der Waals surface area contributed by atoms with Crippen LogP contribution in [0.3, 0.4) is 0 Å². The Hall–Kier alpha value is -1.20. The summed E-state index contributed by atoms with van der Waals surface area (Å²) in [5.74, 6) is 0.708. The van der Waals surface area contributed by atoms with Crippen molar-refractivity contribution in [3.05, 3.63) is 18.0 Å². The van der Waals surface area contributed by atoms with Crippen LogP contribution in [0.25, 0.3) is 0 Å². The van der Waals surface area contributed by atoms with Gasteiger partial charge in [-0.25, -0.2) is 9.97 Å². The minimum Gasteiger partial charge on any atom is -0.355 e. The van der Waals surface area contributed by atoms with Crippen LogP contribution in [0.5, 0.6) is 0 Å². The zero-order valence-corrected chi connectivity index (χ0v) is 12.0. The molecule has 2 N–H and O–H groups in total. The van der Waals surface area contributed by atoms with E-state index in [-0.39, 0.29) is 0 Å². The van der Waals surface area contributed by atoms with Gasteiger partial charge in [0.25, 0.3) is 0 Å². The monoisotopic (exact) mass is 263 g/mol. The molecule has 0 saturated carbocycles. The molecular formula is C14H25N5. The molecule has 0 amide bonds. The van der Waals surface area contributed by atoms with Crippen molar-refractivity contribution in [1.29, 1.82) is 0 Å². The van der Waals surface area contributed by atoms with Crippen molar-refractivity contribution in [3.63, 3.8) is 0 Å². The van der Waals surface area contributed by atoms with Crippen molar-refractivity contribution in [3.8, 4) is 0 Å². The van der Waals surface area contributed by atoms with E-state index in [4.69, 9.17) is 0 Å². The van der Waals surface area contributed by atoms with Crippen LogP contribution >= 0.6 is 0 Å². The number of hydrogen-bond acceptors (Lipinski definition) is 5. The molecule has 1 aromatic rings. The highest BCUT2D eigenvalue weighted by Gasteiger charge is 2.21. The van der Waals surface area contributed by atoms with Crippen LogP contribution < -0.4 is 10.6 Å². The maximum Gasteiger partial charge on any atom is 0.222 e. The lowest BCUT2D eigenvalue weighted by atomic mass is 10.2. The van der Waals surface area contributed by atoms with Crippen LogP contribution in [-0.4, -0.2) is 47.1 Å². The Morgan fingerprint density at radius 1 is 1.32 bits per heavy atom. The molecular weight excluding hydrogens is 238 g/mol. The van der Waals surface area contributed by atoms with E-state index in [9.17, 15) is 0 Å². The van der Waals surface area contributed by atoms with Crippen molar-refractivity contribution >= 4 is 5.95 Å². The summed E-state index contributed by atoms with van der Waals surface area (Å²) in [4.78, 5) is 11.1. The Balaban J connectivity index is 1.73. The average Bonchev–Trinajstić information content (AvgIpc) is 2.88. The molecule has 0 bridgehead atoms. The van der Waals surface area contributed by atoms with Crippen molar-refractivity contribution in [1.82, 2.24) is 20.2 Å². The van der Waals surface area contributed by atoms with Crippen LogP contribution in [0.15, 0.2) is 12.4 Å². The molecule has 0 unspecified atom stereocenters. The molecule has 2 heterocycles. The second kappa shape index (κ2) is 7.40. The normalized spacial score (nSPS) is 19.8. The van der Waals surface area contributed by atoms with E-state index >= 15 is 0 Å².